The van der Waals surface area contributed by atoms with Crippen LogP contribution in [0.2, 0.25) is 0 Å². The maximum absolute atomic E-state index is 13.4. The molecule has 0 bridgehead atoms. The van der Waals surface area contributed by atoms with Crippen LogP contribution in [0, 0.1) is 11.2 Å². The predicted octanol–water partition coefficient (Wildman–Crippen LogP) is 3.52. The SMILES string of the molecule is COc1cc(F)c(Br)cc1C(O)CC(C)(C)CC(=O)O. The van der Waals surface area contributed by atoms with Crippen LogP contribution in [0.3, 0.4) is 0 Å². The van der Waals surface area contributed by atoms with Gasteiger partial charge in [-0.2, -0.15) is 0 Å². The molecular weight excluding hydrogens is 331 g/mol. The number of hydrogen-bond acceptors (Lipinski definition) is 3. The number of aliphatic carboxylic acids is 1. The molecule has 0 heterocycles. The average Bonchev–Trinajstić information content (AvgIpc) is 2.29. The zero-order valence-corrected chi connectivity index (χ0v) is 13.2. The summed E-state index contributed by atoms with van der Waals surface area (Å²) in [6.45, 7) is 3.52. The minimum atomic E-state index is -0.934. The molecule has 6 heteroatoms. The minimum absolute atomic E-state index is 0.0608. The molecule has 0 saturated heterocycles. The highest BCUT2D eigenvalue weighted by atomic mass is 79.9. The van der Waals surface area contributed by atoms with E-state index in [1.54, 1.807) is 13.8 Å². The lowest BCUT2D eigenvalue weighted by molar-refractivity contribution is -0.139. The van der Waals surface area contributed by atoms with Crippen molar-refractivity contribution in [3.63, 3.8) is 0 Å². The molecule has 0 amide bonds. The zero-order chi connectivity index (χ0) is 15.5. The normalized spacial score (nSPS) is 13.1. The Kier molecular flexibility index (Phi) is 5.53. The molecule has 1 rings (SSSR count). The molecule has 20 heavy (non-hydrogen) atoms. The fourth-order valence-electron chi connectivity index (χ4n) is 2.10. The maximum atomic E-state index is 13.4. The van der Waals surface area contributed by atoms with Crippen LogP contribution in [0.4, 0.5) is 4.39 Å². The third kappa shape index (κ3) is 4.45. The predicted molar refractivity (Wildman–Crippen MR) is 76.3 cm³/mol. The Morgan fingerprint density at radius 3 is 2.60 bits per heavy atom. The van der Waals surface area contributed by atoms with E-state index in [4.69, 9.17) is 9.84 Å². The summed E-state index contributed by atoms with van der Waals surface area (Å²) in [6.07, 6.45) is -0.765. The van der Waals surface area contributed by atoms with Crippen LogP contribution in [-0.4, -0.2) is 23.3 Å². The Morgan fingerprint density at radius 1 is 1.50 bits per heavy atom. The molecule has 2 N–H and O–H groups in total. The van der Waals surface area contributed by atoms with Crippen molar-refractivity contribution in [1.29, 1.82) is 0 Å². The molecule has 0 aliphatic heterocycles. The summed E-state index contributed by atoms with van der Waals surface area (Å²) in [5.74, 6) is -1.17. The number of ether oxygens (including phenoxy) is 1. The number of hydrogen-bond donors (Lipinski definition) is 2. The molecule has 4 nitrogen and oxygen atoms in total. The average molecular weight is 349 g/mol. The highest BCUT2D eigenvalue weighted by Gasteiger charge is 2.28. The third-order valence-corrected chi connectivity index (χ3v) is 3.62. The molecule has 0 saturated carbocycles. The Labute approximate surface area is 125 Å². The van der Waals surface area contributed by atoms with Gasteiger partial charge in [0.15, 0.2) is 0 Å². The van der Waals surface area contributed by atoms with E-state index in [0.717, 1.165) is 0 Å². The van der Waals surface area contributed by atoms with Gasteiger partial charge in [-0.15, -0.1) is 0 Å². The fourth-order valence-corrected chi connectivity index (χ4v) is 2.46. The number of rotatable bonds is 6. The van der Waals surface area contributed by atoms with Crippen LogP contribution in [-0.2, 0) is 4.79 Å². The molecule has 1 aromatic rings. The van der Waals surface area contributed by atoms with E-state index in [0.29, 0.717) is 5.56 Å². The lowest BCUT2D eigenvalue weighted by Crippen LogP contribution is -2.20. The van der Waals surface area contributed by atoms with Crippen molar-refractivity contribution >= 4 is 21.9 Å². The van der Waals surface area contributed by atoms with Crippen molar-refractivity contribution in [1.82, 2.24) is 0 Å². The van der Waals surface area contributed by atoms with Crippen molar-refractivity contribution in [2.24, 2.45) is 5.41 Å². The van der Waals surface area contributed by atoms with Gasteiger partial charge in [0, 0.05) is 11.6 Å². The van der Waals surface area contributed by atoms with Crippen molar-refractivity contribution in [3.8, 4) is 5.75 Å². The number of halogens is 2. The van der Waals surface area contributed by atoms with Crippen LogP contribution in [0.25, 0.3) is 0 Å². The number of benzene rings is 1. The summed E-state index contributed by atoms with van der Waals surface area (Å²) < 4.78 is 18.7. The largest absolute Gasteiger partial charge is 0.496 e. The first kappa shape index (κ1) is 16.9. The smallest absolute Gasteiger partial charge is 0.303 e. The summed E-state index contributed by atoms with van der Waals surface area (Å²) in [5, 5.41) is 19.1. The van der Waals surface area contributed by atoms with Gasteiger partial charge in [-0.3, -0.25) is 4.79 Å². The van der Waals surface area contributed by atoms with E-state index in [-0.39, 0.29) is 23.1 Å². The number of aliphatic hydroxyl groups excluding tert-OH is 1. The van der Waals surface area contributed by atoms with Crippen LogP contribution in [0.1, 0.15) is 38.4 Å². The number of methoxy groups -OCH3 is 1. The second-order valence-electron chi connectivity index (χ2n) is 5.46. The topological polar surface area (TPSA) is 66.8 Å². The van der Waals surface area contributed by atoms with Gasteiger partial charge in [-0.05, 0) is 33.8 Å². The van der Waals surface area contributed by atoms with Crippen molar-refractivity contribution in [2.75, 3.05) is 7.11 Å². The van der Waals surface area contributed by atoms with E-state index in [1.807, 2.05) is 0 Å². The van der Waals surface area contributed by atoms with E-state index in [1.165, 1.54) is 19.2 Å². The van der Waals surface area contributed by atoms with Crippen molar-refractivity contribution < 1.29 is 24.1 Å². The summed E-state index contributed by atoms with van der Waals surface area (Å²) in [6, 6.07) is 2.64. The molecule has 0 aliphatic rings. The lowest BCUT2D eigenvalue weighted by Gasteiger charge is -2.26. The minimum Gasteiger partial charge on any atom is -0.496 e. The van der Waals surface area contributed by atoms with Gasteiger partial charge in [-0.1, -0.05) is 13.8 Å². The maximum Gasteiger partial charge on any atom is 0.303 e. The van der Waals surface area contributed by atoms with Gasteiger partial charge in [0.1, 0.15) is 11.6 Å². The van der Waals surface area contributed by atoms with Gasteiger partial charge in [0.2, 0.25) is 0 Å². The Morgan fingerprint density at radius 2 is 2.10 bits per heavy atom. The number of aliphatic hydroxyl groups is 1. The van der Waals surface area contributed by atoms with Crippen LogP contribution in [0.15, 0.2) is 16.6 Å². The standard InChI is InChI=1S/C14H18BrFO4/c1-14(2,7-13(18)19)6-11(17)8-4-9(15)10(16)5-12(8)20-3/h4-5,11,17H,6-7H2,1-3H3,(H,18,19). The van der Waals surface area contributed by atoms with E-state index >= 15 is 0 Å². The second-order valence-corrected chi connectivity index (χ2v) is 6.32. The molecule has 0 aromatic heterocycles. The molecule has 0 radical (unpaired) electrons. The summed E-state index contributed by atoms with van der Waals surface area (Å²) in [7, 11) is 1.39. The van der Waals surface area contributed by atoms with Crippen molar-refractivity contribution in [3.05, 3.63) is 28.0 Å². The monoisotopic (exact) mass is 348 g/mol. The van der Waals surface area contributed by atoms with Gasteiger partial charge < -0.3 is 14.9 Å². The lowest BCUT2D eigenvalue weighted by atomic mass is 9.82. The molecule has 0 fully saturated rings. The first-order valence-electron chi connectivity index (χ1n) is 6.09. The molecule has 1 atom stereocenters. The highest BCUT2D eigenvalue weighted by molar-refractivity contribution is 9.10. The van der Waals surface area contributed by atoms with E-state index in [2.05, 4.69) is 15.9 Å². The molecule has 1 aromatic carbocycles. The van der Waals surface area contributed by atoms with Crippen molar-refractivity contribution in [2.45, 2.75) is 32.8 Å². The summed E-state index contributed by atoms with van der Waals surface area (Å²) in [4.78, 5) is 10.8. The van der Waals surface area contributed by atoms with Crippen LogP contribution in [0.5, 0.6) is 5.75 Å². The zero-order valence-electron chi connectivity index (χ0n) is 11.6. The van der Waals surface area contributed by atoms with E-state index < -0.39 is 23.3 Å². The van der Waals surface area contributed by atoms with Crippen LogP contribution >= 0.6 is 15.9 Å². The van der Waals surface area contributed by atoms with Gasteiger partial charge >= 0.3 is 5.97 Å². The Bertz CT molecular complexity index is 502. The molecular formula is C14H18BrFO4. The van der Waals surface area contributed by atoms with Crippen LogP contribution < -0.4 is 4.74 Å². The van der Waals surface area contributed by atoms with Gasteiger partial charge in [0.25, 0.3) is 0 Å². The molecule has 1 unspecified atom stereocenters. The van der Waals surface area contributed by atoms with Gasteiger partial charge in [0.05, 0.1) is 24.1 Å². The van der Waals surface area contributed by atoms with E-state index in [9.17, 15) is 14.3 Å². The molecule has 0 aliphatic carbocycles. The quantitative estimate of drug-likeness (QED) is 0.825. The third-order valence-electron chi connectivity index (χ3n) is 3.01. The number of carbonyl (C=O) groups is 1. The Hall–Kier alpha value is -1.14. The molecule has 0 spiro atoms. The summed E-state index contributed by atoms with van der Waals surface area (Å²) >= 11 is 3.06. The highest BCUT2D eigenvalue weighted by Crippen LogP contribution is 2.38. The van der Waals surface area contributed by atoms with Gasteiger partial charge in [-0.25, -0.2) is 4.39 Å². The number of carboxylic acids is 1. The second kappa shape index (κ2) is 6.54. The fraction of sp³-hybridized carbons (Fsp3) is 0.500. The number of carboxylic acid groups (broad SMARTS) is 1. The first-order chi connectivity index (χ1) is 9.16. The first-order valence-corrected chi connectivity index (χ1v) is 6.88. The molecule has 112 valence electrons. The Balaban J connectivity index is 3.00. The summed E-state index contributed by atoms with van der Waals surface area (Å²) in [5.41, 5.74) is -0.156.